The van der Waals surface area contributed by atoms with Crippen molar-refractivity contribution in [2.75, 3.05) is 23.9 Å². The lowest BCUT2D eigenvalue weighted by Crippen LogP contribution is -2.29. The van der Waals surface area contributed by atoms with Crippen LogP contribution in [-0.4, -0.2) is 41.3 Å². The van der Waals surface area contributed by atoms with E-state index in [0.717, 1.165) is 6.26 Å². The van der Waals surface area contributed by atoms with E-state index in [1.54, 1.807) is 0 Å². The largest absolute Gasteiger partial charge is 0.326 e. The van der Waals surface area contributed by atoms with E-state index in [9.17, 15) is 21.6 Å². The minimum absolute atomic E-state index is 0.0150. The Morgan fingerprint density at radius 1 is 1.25 bits per heavy atom. The highest BCUT2D eigenvalue weighted by molar-refractivity contribution is 7.91. The first-order valence-corrected chi connectivity index (χ1v) is 9.32. The van der Waals surface area contributed by atoms with Crippen LogP contribution in [0.15, 0.2) is 23.1 Å². The molecule has 0 saturated heterocycles. The molecule has 20 heavy (non-hydrogen) atoms. The van der Waals surface area contributed by atoms with Crippen molar-refractivity contribution < 1.29 is 21.6 Å². The summed E-state index contributed by atoms with van der Waals surface area (Å²) in [6, 6.07) is 4.30. The summed E-state index contributed by atoms with van der Waals surface area (Å²) in [5.41, 5.74) is 1.21. The van der Waals surface area contributed by atoms with E-state index in [4.69, 9.17) is 0 Å². The number of fused-ring (bicyclic) bond motifs is 1. The van der Waals surface area contributed by atoms with Crippen molar-refractivity contribution in [2.45, 2.75) is 11.3 Å². The van der Waals surface area contributed by atoms with Crippen LogP contribution in [0.4, 0.5) is 5.69 Å². The fraction of sp³-hybridized carbons (Fsp3) is 0.364. The summed E-state index contributed by atoms with van der Waals surface area (Å²) in [7, 11) is -7.00. The first kappa shape index (κ1) is 14.9. The van der Waals surface area contributed by atoms with Gasteiger partial charge in [0.25, 0.3) is 0 Å². The van der Waals surface area contributed by atoms with Crippen LogP contribution >= 0.6 is 0 Å². The van der Waals surface area contributed by atoms with Crippen LogP contribution in [0, 0.1) is 0 Å². The summed E-state index contributed by atoms with van der Waals surface area (Å²) in [5, 5.41) is 2.61. The highest BCUT2D eigenvalue weighted by Gasteiger charge is 2.21. The number of hydrogen-bond acceptors (Lipinski definition) is 5. The van der Waals surface area contributed by atoms with Crippen molar-refractivity contribution in [1.29, 1.82) is 0 Å². The van der Waals surface area contributed by atoms with Crippen molar-refractivity contribution in [1.82, 2.24) is 4.72 Å². The van der Waals surface area contributed by atoms with E-state index in [0.29, 0.717) is 11.3 Å². The maximum atomic E-state index is 12.0. The maximum Gasteiger partial charge on any atom is 0.240 e. The van der Waals surface area contributed by atoms with E-state index in [-0.39, 0.29) is 29.5 Å². The van der Waals surface area contributed by atoms with E-state index in [2.05, 4.69) is 10.0 Å². The number of sulfone groups is 1. The van der Waals surface area contributed by atoms with Crippen LogP contribution in [0.1, 0.15) is 5.56 Å². The van der Waals surface area contributed by atoms with Crippen LogP contribution in [-0.2, 0) is 31.1 Å². The van der Waals surface area contributed by atoms with Gasteiger partial charge in [-0.25, -0.2) is 21.6 Å². The number of benzene rings is 1. The second kappa shape index (κ2) is 5.15. The number of sulfonamides is 1. The molecule has 1 aromatic carbocycles. The second-order valence-electron chi connectivity index (χ2n) is 4.57. The molecule has 2 rings (SSSR count). The molecule has 0 bridgehead atoms. The Morgan fingerprint density at radius 2 is 1.95 bits per heavy atom. The molecule has 1 aliphatic heterocycles. The van der Waals surface area contributed by atoms with Gasteiger partial charge in [-0.3, -0.25) is 4.79 Å². The van der Waals surface area contributed by atoms with Crippen LogP contribution < -0.4 is 10.0 Å². The van der Waals surface area contributed by atoms with Crippen molar-refractivity contribution >= 4 is 31.5 Å². The fourth-order valence-electron chi connectivity index (χ4n) is 1.82. The first-order chi connectivity index (χ1) is 9.17. The fourth-order valence-corrected chi connectivity index (χ4v) is 3.50. The van der Waals surface area contributed by atoms with Crippen molar-refractivity contribution in [2.24, 2.45) is 0 Å². The second-order valence-corrected chi connectivity index (χ2v) is 8.60. The predicted octanol–water partition coefficient (Wildman–Crippen LogP) is -0.496. The van der Waals surface area contributed by atoms with Crippen molar-refractivity contribution in [3.63, 3.8) is 0 Å². The summed E-state index contributed by atoms with van der Waals surface area (Å²) in [5.74, 6) is -0.448. The smallest absolute Gasteiger partial charge is 0.240 e. The van der Waals surface area contributed by atoms with Gasteiger partial charge in [0.15, 0.2) is 0 Å². The van der Waals surface area contributed by atoms with Crippen LogP contribution in [0.5, 0.6) is 0 Å². The Balaban J connectivity index is 2.15. The maximum absolute atomic E-state index is 12.0. The Morgan fingerprint density at radius 3 is 2.60 bits per heavy atom. The van der Waals surface area contributed by atoms with Gasteiger partial charge in [-0.2, -0.15) is 0 Å². The lowest BCUT2D eigenvalue weighted by molar-refractivity contribution is -0.115. The molecule has 110 valence electrons. The zero-order chi connectivity index (χ0) is 15.0. The molecular weight excluding hydrogens is 304 g/mol. The third-order valence-corrected chi connectivity index (χ3v) is 5.18. The van der Waals surface area contributed by atoms with E-state index in [1.807, 2.05) is 0 Å². The van der Waals surface area contributed by atoms with Crippen molar-refractivity contribution in [3.8, 4) is 0 Å². The number of carbonyl (C=O) groups is 1. The topological polar surface area (TPSA) is 109 Å². The number of rotatable bonds is 5. The standard InChI is InChI=1S/C11H14N2O5S2/c1-19(15,16)5-4-12-20(17,18)9-2-3-10-8(6-9)7-11(14)13-10/h2-3,6,12H,4-5,7H2,1H3,(H,13,14). The van der Waals surface area contributed by atoms with Crippen LogP contribution in [0.3, 0.4) is 0 Å². The van der Waals surface area contributed by atoms with Crippen molar-refractivity contribution in [3.05, 3.63) is 23.8 Å². The molecule has 0 saturated carbocycles. The molecule has 1 aliphatic rings. The van der Waals surface area contributed by atoms with E-state index >= 15 is 0 Å². The van der Waals surface area contributed by atoms with Gasteiger partial charge in [0.05, 0.1) is 17.1 Å². The Kier molecular flexibility index (Phi) is 3.85. The minimum atomic E-state index is -3.78. The molecular formula is C11H14N2O5S2. The van der Waals surface area contributed by atoms with E-state index < -0.39 is 19.9 Å². The molecule has 1 aromatic rings. The number of nitrogens with one attached hydrogen (secondary N) is 2. The summed E-state index contributed by atoms with van der Waals surface area (Å²) in [4.78, 5) is 11.2. The third kappa shape index (κ3) is 3.56. The Bertz CT molecular complexity index is 753. The Labute approximate surface area is 117 Å². The molecule has 0 aromatic heterocycles. The van der Waals surface area contributed by atoms with Gasteiger partial charge in [0, 0.05) is 18.5 Å². The third-order valence-electron chi connectivity index (χ3n) is 2.78. The van der Waals surface area contributed by atoms with Gasteiger partial charge in [0.2, 0.25) is 15.9 Å². The molecule has 1 heterocycles. The summed E-state index contributed by atoms with van der Waals surface area (Å²) >= 11 is 0. The lowest BCUT2D eigenvalue weighted by atomic mass is 10.2. The molecule has 0 atom stereocenters. The average molecular weight is 318 g/mol. The van der Waals surface area contributed by atoms with Gasteiger partial charge in [-0.15, -0.1) is 0 Å². The lowest BCUT2D eigenvalue weighted by Gasteiger charge is -2.07. The van der Waals surface area contributed by atoms with Crippen LogP contribution in [0.2, 0.25) is 0 Å². The number of amides is 1. The number of carbonyl (C=O) groups excluding carboxylic acids is 1. The molecule has 9 heteroatoms. The quantitative estimate of drug-likeness (QED) is 0.761. The molecule has 0 spiro atoms. The monoisotopic (exact) mass is 318 g/mol. The highest BCUT2D eigenvalue weighted by atomic mass is 32.2. The van der Waals surface area contributed by atoms with Crippen LogP contribution in [0.25, 0.3) is 0 Å². The number of anilines is 1. The average Bonchev–Trinajstić information content (AvgIpc) is 2.65. The number of hydrogen-bond donors (Lipinski definition) is 2. The molecule has 0 fully saturated rings. The van der Waals surface area contributed by atoms with E-state index in [1.165, 1.54) is 18.2 Å². The summed E-state index contributed by atoms with van der Waals surface area (Å²) in [6.07, 6.45) is 1.18. The molecule has 0 aliphatic carbocycles. The van der Waals surface area contributed by atoms with Gasteiger partial charge in [0.1, 0.15) is 9.84 Å². The normalized spacial score (nSPS) is 14.9. The molecule has 0 radical (unpaired) electrons. The first-order valence-electron chi connectivity index (χ1n) is 5.77. The zero-order valence-corrected chi connectivity index (χ0v) is 12.3. The highest BCUT2D eigenvalue weighted by Crippen LogP contribution is 2.25. The Hall–Kier alpha value is -1.45. The minimum Gasteiger partial charge on any atom is -0.326 e. The van der Waals surface area contributed by atoms with Gasteiger partial charge in [-0.1, -0.05) is 0 Å². The zero-order valence-electron chi connectivity index (χ0n) is 10.7. The SMILES string of the molecule is CS(=O)(=O)CCNS(=O)(=O)c1ccc2c(c1)CC(=O)N2. The predicted molar refractivity (Wildman–Crippen MR) is 73.7 cm³/mol. The molecule has 0 unspecified atom stereocenters. The summed E-state index contributed by atoms with van der Waals surface area (Å²) < 4.78 is 48.1. The molecule has 1 amide bonds. The van der Waals surface area contributed by atoms with Gasteiger partial charge >= 0.3 is 0 Å². The van der Waals surface area contributed by atoms with Gasteiger partial charge < -0.3 is 5.32 Å². The summed E-state index contributed by atoms with van der Waals surface area (Å²) in [6.45, 7) is -0.185. The molecule has 7 nitrogen and oxygen atoms in total. The van der Waals surface area contributed by atoms with Gasteiger partial charge in [-0.05, 0) is 23.8 Å². The molecule has 2 N–H and O–H groups in total.